The number of aromatic nitrogens is 1. The van der Waals surface area contributed by atoms with E-state index in [1.165, 1.54) is 18.5 Å². The predicted octanol–water partition coefficient (Wildman–Crippen LogP) is 2.49. The van der Waals surface area contributed by atoms with Crippen molar-refractivity contribution < 1.29 is 9.90 Å². The van der Waals surface area contributed by atoms with Crippen molar-refractivity contribution in [2.45, 2.75) is 0 Å². The van der Waals surface area contributed by atoms with Gasteiger partial charge in [0, 0.05) is 24.0 Å². The fourth-order valence-corrected chi connectivity index (χ4v) is 1.23. The third-order valence-electron chi connectivity index (χ3n) is 1.28. The molecule has 0 spiro atoms. The Bertz CT molecular complexity index is 343. The van der Waals surface area contributed by atoms with Crippen molar-refractivity contribution in [2.75, 3.05) is 0 Å². The molecule has 0 saturated carbocycles. The lowest BCUT2D eigenvalue weighted by Crippen LogP contribution is -1.87. The first-order valence-corrected chi connectivity index (χ1v) is 4.07. The largest absolute Gasteiger partial charge is 0.478 e. The lowest BCUT2D eigenvalue weighted by atomic mass is 10.2. The molecule has 0 radical (unpaired) electrons. The van der Waals surface area contributed by atoms with Crippen molar-refractivity contribution in [1.29, 1.82) is 0 Å². The quantitative estimate of drug-likeness (QED) is 0.775. The zero-order chi connectivity index (χ0) is 9.84. The van der Waals surface area contributed by atoms with E-state index in [0.29, 0.717) is 15.6 Å². The topological polar surface area (TPSA) is 50.2 Å². The van der Waals surface area contributed by atoms with Crippen molar-refractivity contribution in [3.8, 4) is 0 Å². The molecule has 1 rings (SSSR count). The normalized spacial score (nSPS) is 10.6. The van der Waals surface area contributed by atoms with E-state index in [0.717, 1.165) is 6.08 Å². The summed E-state index contributed by atoms with van der Waals surface area (Å²) in [6, 6.07) is 0. The molecular weight excluding hydrogens is 213 g/mol. The third kappa shape index (κ3) is 2.72. The van der Waals surface area contributed by atoms with Crippen molar-refractivity contribution in [1.82, 2.24) is 4.98 Å². The first kappa shape index (κ1) is 10.0. The summed E-state index contributed by atoms with van der Waals surface area (Å²) in [6.07, 6.45) is 5.09. The average Bonchev–Trinajstić information content (AvgIpc) is 2.03. The van der Waals surface area contributed by atoms with Crippen LogP contribution in [-0.2, 0) is 4.79 Å². The monoisotopic (exact) mass is 217 g/mol. The van der Waals surface area contributed by atoms with Crippen LogP contribution in [0.2, 0.25) is 10.0 Å². The minimum Gasteiger partial charge on any atom is -0.478 e. The first-order valence-electron chi connectivity index (χ1n) is 3.31. The highest BCUT2D eigenvalue weighted by Gasteiger charge is 2.02. The number of hydrogen-bond acceptors (Lipinski definition) is 2. The maximum absolute atomic E-state index is 10.2. The number of carboxylic acids is 1. The van der Waals surface area contributed by atoms with Gasteiger partial charge in [0.1, 0.15) is 0 Å². The molecule has 0 atom stereocenters. The highest BCUT2D eigenvalue weighted by molar-refractivity contribution is 6.36. The molecule has 0 unspecified atom stereocenters. The Morgan fingerprint density at radius 2 is 1.92 bits per heavy atom. The average molecular weight is 218 g/mol. The molecule has 1 N–H and O–H groups in total. The first-order chi connectivity index (χ1) is 6.11. The van der Waals surface area contributed by atoms with E-state index >= 15 is 0 Å². The summed E-state index contributed by atoms with van der Waals surface area (Å²) >= 11 is 11.4. The zero-order valence-electron chi connectivity index (χ0n) is 6.37. The van der Waals surface area contributed by atoms with E-state index < -0.39 is 5.97 Å². The van der Waals surface area contributed by atoms with Gasteiger partial charge in [0.2, 0.25) is 0 Å². The van der Waals surface area contributed by atoms with Crippen LogP contribution in [0.5, 0.6) is 0 Å². The van der Waals surface area contributed by atoms with Gasteiger partial charge in [-0.3, -0.25) is 4.98 Å². The molecular formula is C8H5Cl2NO2. The Morgan fingerprint density at radius 3 is 2.38 bits per heavy atom. The summed E-state index contributed by atoms with van der Waals surface area (Å²) in [5.74, 6) is -1.05. The van der Waals surface area contributed by atoms with E-state index in [2.05, 4.69) is 4.98 Å². The van der Waals surface area contributed by atoms with E-state index in [1.807, 2.05) is 0 Å². The van der Waals surface area contributed by atoms with Crippen LogP contribution in [0.1, 0.15) is 5.56 Å². The summed E-state index contributed by atoms with van der Waals surface area (Å²) in [6.45, 7) is 0. The fourth-order valence-electron chi connectivity index (χ4n) is 0.735. The fraction of sp³-hybridized carbons (Fsp3) is 0. The molecule has 0 fully saturated rings. The summed E-state index contributed by atoms with van der Waals surface area (Å²) in [5, 5.41) is 9.02. The molecule has 0 bridgehead atoms. The number of halogens is 2. The van der Waals surface area contributed by atoms with E-state index in [9.17, 15) is 4.79 Å². The van der Waals surface area contributed by atoms with Crippen LogP contribution in [0.15, 0.2) is 18.5 Å². The second kappa shape index (κ2) is 4.25. The maximum atomic E-state index is 10.2. The zero-order valence-corrected chi connectivity index (χ0v) is 7.88. The van der Waals surface area contributed by atoms with E-state index in [1.54, 1.807) is 0 Å². The molecule has 5 heteroatoms. The molecule has 68 valence electrons. The van der Waals surface area contributed by atoms with Crippen LogP contribution < -0.4 is 0 Å². The molecule has 1 aromatic heterocycles. The van der Waals surface area contributed by atoms with Crippen LogP contribution in [0.25, 0.3) is 6.08 Å². The smallest absolute Gasteiger partial charge is 0.328 e. The predicted molar refractivity (Wildman–Crippen MR) is 50.9 cm³/mol. The van der Waals surface area contributed by atoms with Crippen LogP contribution in [0.3, 0.4) is 0 Å². The molecule has 0 aliphatic carbocycles. The SMILES string of the molecule is O=C(O)C=Cc1c(Cl)cncc1Cl. The summed E-state index contributed by atoms with van der Waals surface area (Å²) < 4.78 is 0. The van der Waals surface area contributed by atoms with Crippen molar-refractivity contribution >= 4 is 35.2 Å². The number of nitrogens with zero attached hydrogens (tertiary/aromatic N) is 1. The molecule has 0 aliphatic heterocycles. The van der Waals surface area contributed by atoms with Gasteiger partial charge in [0.25, 0.3) is 0 Å². The Hall–Kier alpha value is -1.06. The van der Waals surface area contributed by atoms with Crippen LogP contribution >= 0.6 is 23.2 Å². The van der Waals surface area contributed by atoms with Gasteiger partial charge in [-0.2, -0.15) is 0 Å². The second-order valence-electron chi connectivity index (χ2n) is 2.19. The standard InChI is InChI=1S/C8H5Cl2NO2/c9-6-3-11-4-7(10)5(6)1-2-8(12)13/h1-4H,(H,12,13). The van der Waals surface area contributed by atoms with Crippen LogP contribution in [0.4, 0.5) is 0 Å². The highest BCUT2D eigenvalue weighted by Crippen LogP contribution is 2.23. The third-order valence-corrected chi connectivity index (χ3v) is 1.89. The Balaban J connectivity index is 3.06. The van der Waals surface area contributed by atoms with Gasteiger partial charge in [-0.15, -0.1) is 0 Å². The summed E-state index contributed by atoms with van der Waals surface area (Å²) in [4.78, 5) is 13.9. The molecule has 0 amide bonds. The maximum Gasteiger partial charge on any atom is 0.328 e. The molecule has 0 saturated heterocycles. The van der Waals surface area contributed by atoms with Gasteiger partial charge in [-0.05, 0) is 6.08 Å². The minimum atomic E-state index is -1.05. The van der Waals surface area contributed by atoms with Gasteiger partial charge in [-0.25, -0.2) is 4.79 Å². The number of rotatable bonds is 2. The summed E-state index contributed by atoms with van der Waals surface area (Å²) in [5.41, 5.74) is 0.459. The number of hydrogen-bond donors (Lipinski definition) is 1. The molecule has 13 heavy (non-hydrogen) atoms. The lowest BCUT2D eigenvalue weighted by molar-refractivity contribution is -0.131. The number of aliphatic carboxylic acids is 1. The molecule has 0 aliphatic rings. The van der Waals surface area contributed by atoms with Gasteiger partial charge in [0.15, 0.2) is 0 Å². The lowest BCUT2D eigenvalue weighted by Gasteiger charge is -1.98. The van der Waals surface area contributed by atoms with Gasteiger partial charge < -0.3 is 5.11 Å². The molecule has 3 nitrogen and oxygen atoms in total. The van der Waals surface area contributed by atoms with Crippen molar-refractivity contribution in [3.05, 3.63) is 34.1 Å². The van der Waals surface area contributed by atoms with Crippen LogP contribution in [-0.4, -0.2) is 16.1 Å². The van der Waals surface area contributed by atoms with Crippen LogP contribution in [0, 0.1) is 0 Å². The number of carbonyl (C=O) groups is 1. The Morgan fingerprint density at radius 1 is 1.38 bits per heavy atom. The Kier molecular flexibility index (Phi) is 3.28. The molecule has 1 heterocycles. The van der Waals surface area contributed by atoms with E-state index in [4.69, 9.17) is 28.3 Å². The van der Waals surface area contributed by atoms with Gasteiger partial charge >= 0.3 is 5.97 Å². The van der Waals surface area contributed by atoms with Crippen molar-refractivity contribution in [3.63, 3.8) is 0 Å². The highest BCUT2D eigenvalue weighted by atomic mass is 35.5. The van der Waals surface area contributed by atoms with E-state index in [-0.39, 0.29) is 0 Å². The summed E-state index contributed by atoms with van der Waals surface area (Å²) in [7, 11) is 0. The number of pyridine rings is 1. The van der Waals surface area contributed by atoms with Gasteiger partial charge in [0.05, 0.1) is 10.0 Å². The van der Waals surface area contributed by atoms with Crippen molar-refractivity contribution in [2.24, 2.45) is 0 Å². The Labute approximate surface area is 84.6 Å². The molecule has 1 aromatic rings. The van der Waals surface area contributed by atoms with Gasteiger partial charge in [-0.1, -0.05) is 23.2 Å². The minimum absolute atomic E-state index is 0.324. The second-order valence-corrected chi connectivity index (χ2v) is 3.00. The molecule has 0 aromatic carbocycles. The number of carboxylic acid groups (broad SMARTS) is 1.